The SMILES string of the molecule is CCc1c2c(nc3ccc(OCCC[n+]4ccccc4)cc13)-c1cc3c(c(=O)n1C2)COC(=O)[C@]3(O)CC.[Br-]. The molecule has 202 valence electrons. The molecule has 3 aromatic heterocycles. The van der Waals surface area contributed by atoms with Crippen molar-refractivity contribution in [3.05, 3.63) is 87.5 Å². The number of hydrogen-bond donors (Lipinski definition) is 1. The van der Waals surface area contributed by atoms with Gasteiger partial charge in [-0.1, -0.05) is 19.9 Å². The van der Waals surface area contributed by atoms with Crippen LogP contribution >= 0.6 is 0 Å². The number of carbonyl (C=O) groups excluding carboxylic acids is 1. The third-order valence-electron chi connectivity index (χ3n) is 7.74. The summed E-state index contributed by atoms with van der Waals surface area (Å²) in [6.45, 7) is 5.53. The van der Waals surface area contributed by atoms with E-state index in [1.807, 2.05) is 48.8 Å². The standard InChI is InChI=1S/C30H30N3O5.BrH/c1-3-20-21-15-19(37-14-8-13-32-11-6-5-7-12-32)9-10-25(21)31-27-22(20)17-33-26(27)16-24-23(28(33)34)18-38-29(35)30(24,36)4-2;/h5-7,9-12,15-16,36H,3-4,8,13-14,17-18H2,1-2H3;1H/q+1;/p-1/t30-;/m0./s1. The van der Waals surface area contributed by atoms with Crippen LogP contribution in [0.1, 0.15) is 48.9 Å². The molecule has 1 atom stereocenters. The Kier molecular flexibility index (Phi) is 7.31. The number of halogens is 1. The van der Waals surface area contributed by atoms with Crippen molar-refractivity contribution in [3.63, 3.8) is 0 Å². The van der Waals surface area contributed by atoms with Gasteiger partial charge in [-0.05, 0) is 42.7 Å². The fourth-order valence-corrected chi connectivity index (χ4v) is 5.66. The number of benzene rings is 1. The molecule has 0 amide bonds. The molecule has 8 nitrogen and oxygen atoms in total. The Morgan fingerprint density at radius 3 is 2.67 bits per heavy atom. The molecule has 9 heteroatoms. The van der Waals surface area contributed by atoms with Crippen molar-refractivity contribution in [2.75, 3.05) is 6.61 Å². The van der Waals surface area contributed by atoms with E-state index in [-0.39, 0.29) is 35.6 Å². The first-order chi connectivity index (χ1) is 18.4. The Balaban J connectivity index is 0.00000308. The average molecular weight is 592 g/mol. The van der Waals surface area contributed by atoms with Crippen LogP contribution in [0.4, 0.5) is 0 Å². The van der Waals surface area contributed by atoms with Crippen molar-refractivity contribution >= 4 is 16.9 Å². The molecule has 2 aliphatic rings. The molecule has 0 unspecified atom stereocenters. The highest BCUT2D eigenvalue weighted by Crippen LogP contribution is 2.40. The fraction of sp³-hybridized carbons (Fsp3) is 0.333. The molecule has 0 saturated heterocycles. The predicted octanol–water partition coefficient (Wildman–Crippen LogP) is 0.403. The van der Waals surface area contributed by atoms with Crippen LogP contribution in [0, 0.1) is 0 Å². The molecule has 0 fully saturated rings. The van der Waals surface area contributed by atoms with E-state index in [4.69, 9.17) is 14.5 Å². The molecule has 0 aliphatic carbocycles. The molecule has 0 bridgehead atoms. The fourth-order valence-electron chi connectivity index (χ4n) is 5.66. The Morgan fingerprint density at radius 1 is 1.13 bits per heavy atom. The van der Waals surface area contributed by atoms with Crippen LogP contribution in [0.5, 0.6) is 5.75 Å². The van der Waals surface area contributed by atoms with Crippen LogP contribution in [0.15, 0.2) is 59.7 Å². The lowest BCUT2D eigenvalue weighted by molar-refractivity contribution is -0.697. The molecule has 0 spiro atoms. The largest absolute Gasteiger partial charge is 1.00 e. The number of rotatable bonds is 7. The van der Waals surface area contributed by atoms with E-state index < -0.39 is 11.6 Å². The van der Waals surface area contributed by atoms with Crippen molar-refractivity contribution in [1.29, 1.82) is 0 Å². The van der Waals surface area contributed by atoms with Gasteiger partial charge in [0.2, 0.25) is 0 Å². The van der Waals surface area contributed by atoms with Crippen molar-refractivity contribution in [3.8, 4) is 17.1 Å². The monoisotopic (exact) mass is 591 g/mol. The average Bonchev–Trinajstić information content (AvgIpc) is 3.31. The molecule has 4 aromatic rings. The second kappa shape index (κ2) is 10.5. The van der Waals surface area contributed by atoms with Gasteiger partial charge in [-0.15, -0.1) is 0 Å². The van der Waals surface area contributed by atoms with E-state index >= 15 is 0 Å². The van der Waals surface area contributed by atoms with E-state index in [1.165, 1.54) is 0 Å². The summed E-state index contributed by atoms with van der Waals surface area (Å²) in [7, 11) is 0. The summed E-state index contributed by atoms with van der Waals surface area (Å²) in [5.74, 6) is 0.0736. The highest BCUT2D eigenvalue weighted by atomic mass is 79.9. The van der Waals surface area contributed by atoms with Crippen LogP contribution < -0.4 is 31.8 Å². The normalized spacial score (nSPS) is 17.2. The maximum atomic E-state index is 13.5. The van der Waals surface area contributed by atoms with E-state index in [9.17, 15) is 14.7 Å². The molecule has 0 saturated carbocycles. The Bertz CT molecular complexity index is 1640. The third-order valence-corrected chi connectivity index (χ3v) is 7.74. The molecule has 2 aliphatic heterocycles. The number of ether oxygens (including phenoxy) is 2. The van der Waals surface area contributed by atoms with Gasteiger partial charge in [0.25, 0.3) is 5.56 Å². The zero-order valence-corrected chi connectivity index (χ0v) is 23.5. The summed E-state index contributed by atoms with van der Waals surface area (Å²) in [4.78, 5) is 30.9. The van der Waals surface area contributed by atoms with Crippen LogP contribution in [0.3, 0.4) is 0 Å². The molecule has 0 radical (unpaired) electrons. The first-order valence-electron chi connectivity index (χ1n) is 13.1. The summed E-state index contributed by atoms with van der Waals surface area (Å²) in [6.07, 6.45) is 5.85. The summed E-state index contributed by atoms with van der Waals surface area (Å²) < 4.78 is 15.1. The predicted molar refractivity (Wildman–Crippen MR) is 141 cm³/mol. The Hall–Kier alpha value is -3.56. The van der Waals surface area contributed by atoms with Gasteiger partial charge in [0, 0.05) is 35.1 Å². The topological polar surface area (TPSA) is 94.5 Å². The van der Waals surface area contributed by atoms with Gasteiger partial charge in [-0.3, -0.25) is 4.79 Å². The van der Waals surface area contributed by atoms with E-state index in [0.29, 0.717) is 30.0 Å². The van der Waals surface area contributed by atoms with Gasteiger partial charge in [0.15, 0.2) is 24.5 Å². The lowest BCUT2D eigenvalue weighted by Gasteiger charge is -2.31. The van der Waals surface area contributed by atoms with E-state index in [1.54, 1.807) is 17.6 Å². The lowest BCUT2D eigenvalue weighted by Crippen LogP contribution is -3.00. The minimum atomic E-state index is -1.83. The maximum absolute atomic E-state index is 13.5. The summed E-state index contributed by atoms with van der Waals surface area (Å²) in [6, 6.07) is 13.7. The quantitative estimate of drug-likeness (QED) is 0.167. The maximum Gasteiger partial charge on any atom is 0.343 e. The minimum absolute atomic E-state index is 0. The third kappa shape index (κ3) is 4.43. The van der Waals surface area contributed by atoms with Gasteiger partial charge in [-0.25, -0.2) is 14.3 Å². The molecular weight excluding hydrogens is 562 g/mol. The Morgan fingerprint density at radius 2 is 1.92 bits per heavy atom. The number of aliphatic hydroxyl groups is 1. The minimum Gasteiger partial charge on any atom is -1.00 e. The van der Waals surface area contributed by atoms with Crippen molar-refractivity contribution < 1.29 is 40.9 Å². The van der Waals surface area contributed by atoms with Crippen LogP contribution in [0.2, 0.25) is 0 Å². The first kappa shape index (κ1) is 27.0. The number of cyclic esters (lactones) is 1. The molecule has 39 heavy (non-hydrogen) atoms. The van der Waals surface area contributed by atoms with Gasteiger partial charge < -0.3 is 36.1 Å². The molecule has 5 heterocycles. The highest BCUT2D eigenvalue weighted by Gasteiger charge is 2.45. The number of aryl methyl sites for hydroxylation is 2. The second-order valence-electron chi connectivity index (χ2n) is 9.87. The summed E-state index contributed by atoms with van der Waals surface area (Å²) in [5, 5.41) is 12.1. The number of pyridine rings is 3. The van der Waals surface area contributed by atoms with Gasteiger partial charge >= 0.3 is 5.97 Å². The Labute approximate surface area is 236 Å². The smallest absolute Gasteiger partial charge is 0.343 e. The second-order valence-corrected chi connectivity index (χ2v) is 9.87. The van der Waals surface area contributed by atoms with E-state index in [0.717, 1.165) is 52.9 Å². The zero-order valence-electron chi connectivity index (χ0n) is 21.9. The van der Waals surface area contributed by atoms with Crippen LogP contribution in [0.25, 0.3) is 22.3 Å². The van der Waals surface area contributed by atoms with Crippen LogP contribution in [-0.2, 0) is 41.2 Å². The van der Waals surface area contributed by atoms with E-state index in [2.05, 4.69) is 11.5 Å². The number of fused-ring (bicyclic) bond motifs is 5. The lowest BCUT2D eigenvalue weighted by atomic mass is 9.86. The molecule has 1 N–H and O–H groups in total. The van der Waals surface area contributed by atoms with Crippen LogP contribution in [-0.4, -0.2) is 27.2 Å². The zero-order chi connectivity index (χ0) is 26.4. The van der Waals surface area contributed by atoms with Gasteiger partial charge in [-0.2, -0.15) is 0 Å². The van der Waals surface area contributed by atoms with Gasteiger partial charge in [0.1, 0.15) is 12.4 Å². The number of aromatic nitrogens is 3. The van der Waals surface area contributed by atoms with Gasteiger partial charge in [0.05, 0.1) is 35.6 Å². The first-order valence-corrected chi connectivity index (χ1v) is 13.1. The van der Waals surface area contributed by atoms with Crippen molar-refractivity contribution in [1.82, 2.24) is 9.55 Å². The molecule has 6 rings (SSSR count). The summed E-state index contributed by atoms with van der Waals surface area (Å²) >= 11 is 0. The number of esters is 1. The molecule has 1 aromatic carbocycles. The van der Waals surface area contributed by atoms with Crippen molar-refractivity contribution in [2.45, 2.75) is 58.4 Å². The number of carbonyl (C=O) groups is 1. The highest BCUT2D eigenvalue weighted by molar-refractivity contribution is 5.90. The van der Waals surface area contributed by atoms with Crippen molar-refractivity contribution in [2.24, 2.45) is 0 Å². The molecular formula is C30H30BrN3O5. The number of nitrogens with zero attached hydrogens (tertiary/aromatic N) is 3. The summed E-state index contributed by atoms with van der Waals surface area (Å²) in [5.41, 5.74) is 2.86. The number of hydrogen-bond acceptors (Lipinski definition) is 6.